The number of aliphatic imine (C=N–C) groups is 1. The second-order valence-electron chi connectivity index (χ2n) is 8.37. The first kappa shape index (κ1) is 20.2. The zero-order chi connectivity index (χ0) is 18.9. The summed E-state index contributed by atoms with van der Waals surface area (Å²) in [5.74, 6) is 4.13. The zero-order valence-corrected chi connectivity index (χ0v) is 17.3. The first-order valence-corrected chi connectivity index (χ1v) is 11.1. The number of aromatic nitrogens is 3. The summed E-state index contributed by atoms with van der Waals surface area (Å²) in [5, 5.41) is 15.8. The fourth-order valence-electron chi connectivity index (χ4n) is 4.48. The molecule has 0 spiro atoms. The molecule has 1 aromatic rings. The number of hydrogen-bond donors (Lipinski definition) is 2. The third-order valence-electron chi connectivity index (χ3n) is 6.17. The van der Waals surface area contributed by atoms with Crippen LogP contribution in [0, 0.1) is 5.92 Å². The number of aryl methyl sites for hydroxylation is 1. The molecule has 2 aliphatic rings. The summed E-state index contributed by atoms with van der Waals surface area (Å²) in [7, 11) is 1.85. The van der Waals surface area contributed by atoms with Crippen molar-refractivity contribution in [3.8, 4) is 0 Å². The van der Waals surface area contributed by atoms with Gasteiger partial charge in [0, 0.05) is 39.0 Å². The van der Waals surface area contributed by atoms with Crippen molar-refractivity contribution >= 4 is 5.96 Å². The third-order valence-corrected chi connectivity index (χ3v) is 6.17. The van der Waals surface area contributed by atoms with Crippen LogP contribution < -0.4 is 10.6 Å². The van der Waals surface area contributed by atoms with Crippen LogP contribution in [0.25, 0.3) is 0 Å². The molecule has 1 saturated carbocycles. The molecule has 0 bridgehead atoms. The van der Waals surface area contributed by atoms with Crippen LogP contribution in [0.3, 0.4) is 0 Å². The van der Waals surface area contributed by atoms with E-state index < -0.39 is 0 Å². The van der Waals surface area contributed by atoms with Crippen molar-refractivity contribution in [2.75, 3.05) is 13.6 Å². The maximum absolute atomic E-state index is 4.42. The lowest BCUT2D eigenvalue weighted by atomic mass is 9.85. The van der Waals surface area contributed by atoms with E-state index in [1.54, 1.807) is 0 Å². The predicted octanol–water partition coefficient (Wildman–Crippen LogP) is 3.46. The first-order valence-electron chi connectivity index (χ1n) is 11.1. The number of rotatable bonds is 7. The second kappa shape index (κ2) is 10.7. The molecule has 6 heteroatoms. The molecule has 152 valence electrons. The Morgan fingerprint density at radius 2 is 1.96 bits per heavy atom. The van der Waals surface area contributed by atoms with Gasteiger partial charge in [-0.2, -0.15) is 0 Å². The van der Waals surface area contributed by atoms with Crippen LogP contribution in [-0.4, -0.2) is 40.4 Å². The van der Waals surface area contributed by atoms with Gasteiger partial charge in [-0.25, -0.2) is 0 Å². The number of hydrogen-bond acceptors (Lipinski definition) is 3. The van der Waals surface area contributed by atoms with Crippen LogP contribution in [0.4, 0.5) is 0 Å². The second-order valence-corrected chi connectivity index (χ2v) is 8.37. The smallest absolute Gasteiger partial charge is 0.191 e. The van der Waals surface area contributed by atoms with Crippen molar-refractivity contribution in [2.45, 2.75) is 96.6 Å². The van der Waals surface area contributed by atoms with Crippen LogP contribution in [-0.2, 0) is 19.4 Å². The molecule has 0 radical (unpaired) electrons. The quantitative estimate of drug-likeness (QED) is 0.566. The van der Waals surface area contributed by atoms with Crippen molar-refractivity contribution < 1.29 is 0 Å². The molecule has 1 aliphatic heterocycles. The van der Waals surface area contributed by atoms with Crippen LogP contribution >= 0.6 is 0 Å². The number of nitrogens with zero attached hydrogens (tertiary/aromatic N) is 4. The lowest BCUT2D eigenvalue weighted by molar-refractivity contribution is 0.322. The van der Waals surface area contributed by atoms with Crippen molar-refractivity contribution in [3.05, 3.63) is 11.6 Å². The number of nitrogens with one attached hydrogen (secondary N) is 2. The van der Waals surface area contributed by atoms with Crippen LogP contribution in [0.15, 0.2) is 4.99 Å². The topological polar surface area (TPSA) is 67.1 Å². The summed E-state index contributed by atoms with van der Waals surface area (Å²) >= 11 is 0. The molecule has 1 unspecified atom stereocenters. The summed E-state index contributed by atoms with van der Waals surface area (Å²) < 4.78 is 2.33. The molecule has 0 amide bonds. The number of guanidine groups is 1. The molecule has 6 nitrogen and oxygen atoms in total. The molecule has 2 N–H and O–H groups in total. The summed E-state index contributed by atoms with van der Waals surface area (Å²) in [6.07, 6.45) is 15.5. The van der Waals surface area contributed by atoms with Gasteiger partial charge in [-0.3, -0.25) is 4.99 Å². The lowest BCUT2D eigenvalue weighted by Gasteiger charge is -2.24. The van der Waals surface area contributed by atoms with Crippen LogP contribution in [0.5, 0.6) is 0 Å². The van der Waals surface area contributed by atoms with E-state index in [9.17, 15) is 0 Å². The predicted molar refractivity (Wildman–Crippen MR) is 111 cm³/mol. The van der Waals surface area contributed by atoms with Crippen LogP contribution in [0.2, 0.25) is 0 Å². The maximum Gasteiger partial charge on any atom is 0.191 e. The zero-order valence-electron chi connectivity index (χ0n) is 17.3. The molecule has 1 fully saturated rings. The van der Waals surface area contributed by atoms with E-state index in [2.05, 4.69) is 37.3 Å². The Morgan fingerprint density at radius 1 is 1.15 bits per heavy atom. The Labute approximate surface area is 164 Å². The molecule has 0 aromatic carbocycles. The van der Waals surface area contributed by atoms with Gasteiger partial charge in [0.05, 0.1) is 0 Å². The van der Waals surface area contributed by atoms with Crippen molar-refractivity contribution in [1.29, 1.82) is 0 Å². The molecule has 0 saturated heterocycles. The van der Waals surface area contributed by atoms with E-state index in [-0.39, 0.29) is 0 Å². The highest BCUT2D eigenvalue weighted by Crippen LogP contribution is 2.27. The van der Waals surface area contributed by atoms with E-state index in [4.69, 9.17) is 0 Å². The summed E-state index contributed by atoms with van der Waals surface area (Å²) in [5.41, 5.74) is 0. The molecular formula is C21H38N6. The fraction of sp³-hybridized carbons (Fsp3) is 0.857. The normalized spacial score (nSPS) is 20.0. The van der Waals surface area contributed by atoms with Gasteiger partial charge >= 0.3 is 0 Å². The summed E-state index contributed by atoms with van der Waals surface area (Å²) in [6.45, 7) is 4.18. The minimum Gasteiger partial charge on any atom is -0.356 e. The average molecular weight is 375 g/mol. The fourth-order valence-corrected chi connectivity index (χ4v) is 4.48. The number of fused-ring (bicyclic) bond motifs is 1. The van der Waals surface area contributed by atoms with Gasteiger partial charge < -0.3 is 15.2 Å². The van der Waals surface area contributed by atoms with Crippen molar-refractivity contribution in [1.82, 2.24) is 25.4 Å². The third kappa shape index (κ3) is 6.22. The van der Waals surface area contributed by atoms with E-state index >= 15 is 0 Å². The van der Waals surface area contributed by atoms with E-state index in [0.717, 1.165) is 43.6 Å². The Balaban J connectivity index is 1.38. The molecule has 3 rings (SSSR count). The maximum atomic E-state index is 4.42. The highest BCUT2D eigenvalue weighted by Gasteiger charge is 2.16. The Hall–Kier alpha value is -1.59. The lowest BCUT2D eigenvalue weighted by Crippen LogP contribution is -2.43. The van der Waals surface area contributed by atoms with Gasteiger partial charge in [-0.1, -0.05) is 38.5 Å². The van der Waals surface area contributed by atoms with Gasteiger partial charge in [0.2, 0.25) is 0 Å². The van der Waals surface area contributed by atoms with Crippen LogP contribution in [0.1, 0.15) is 82.8 Å². The SMILES string of the molecule is CN=C(NCCc1nnc2n1CCCCC2)NC(C)CCC1CCCCC1. The molecular weight excluding hydrogens is 336 g/mol. The first-order chi connectivity index (χ1) is 13.3. The Kier molecular flexibility index (Phi) is 7.96. The van der Waals surface area contributed by atoms with Gasteiger partial charge in [0.15, 0.2) is 5.96 Å². The van der Waals surface area contributed by atoms with Crippen molar-refractivity contribution in [3.63, 3.8) is 0 Å². The Morgan fingerprint density at radius 3 is 2.78 bits per heavy atom. The average Bonchev–Trinajstić information content (AvgIpc) is 2.92. The van der Waals surface area contributed by atoms with Gasteiger partial charge in [-0.05, 0) is 38.5 Å². The van der Waals surface area contributed by atoms with Gasteiger partial charge in [0.25, 0.3) is 0 Å². The highest BCUT2D eigenvalue weighted by atomic mass is 15.3. The van der Waals surface area contributed by atoms with E-state index in [1.165, 1.54) is 70.0 Å². The monoisotopic (exact) mass is 374 g/mol. The molecule has 1 atom stereocenters. The summed E-state index contributed by atoms with van der Waals surface area (Å²) in [4.78, 5) is 4.40. The minimum atomic E-state index is 0.461. The van der Waals surface area contributed by atoms with Gasteiger partial charge in [-0.15, -0.1) is 10.2 Å². The standard InChI is InChI=1S/C21H38N6/c1-17(12-13-18-9-5-3-6-10-18)24-21(22-2)23-15-14-20-26-25-19-11-7-4-8-16-27(19)20/h17-18H,3-16H2,1-2H3,(H2,22,23,24). The van der Waals surface area contributed by atoms with E-state index in [0.29, 0.717) is 6.04 Å². The van der Waals surface area contributed by atoms with Crippen molar-refractivity contribution in [2.24, 2.45) is 10.9 Å². The van der Waals surface area contributed by atoms with E-state index in [1.807, 2.05) is 7.05 Å². The molecule has 1 aliphatic carbocycles. The molecule has 1 aromatic heterocycles. The molecule has 27 heavy (non-hydrogen) atoms. The Bertz CT molecular complexity index is 587. The highest BCUT2D eigenvalue weighted by molar-refractivity contribution is 5.79. The largest absolute Gasteiger partial charge is 0.356 e. The molecule has 2 heterocycles. The summed E-state index contributed by atoms with van der Waals surface area (Å²) in [6, 6.07) is 0.461. The van der Waals surface area contributed by atoms with Gasteiger partial charge in [0.1, 0.15) is 11.6 Å². The minimum absolute atomic E-state index is 0.461.